The fourth-order valence-electron chi connectivity index (χ4n) is 3.18. The molecule has 2 nitrogen and oxygen atoms in total. The molecule has 0 aromatic rings. The molecular formula is C16H33NOS. The van der Waals surface area contributed by atoms with E-state index >= 15 is 0 Å². The second kappa shape index (κ2) is 8.41. The molecule has 0 aliphatic heterocycles. The molecule has 1 aliphatic carbocycles. The highest BCUT2D eigenvalue weighted by molar-refractivity contribution is 7.86. The molecule has 0 saturated heterocycles. The Hall–Kier alpha value is 0.110. The van der Waals surface area contributed by atoms with E-state index in [4.69, 9.17) is 0 Å². The van der Waals surface area contributed by atoms with Crippen LogP contribution in [0.3, 0.4) is 0 Å². The van der Waals surface area contributed by atoms with Crippen LogP contribution in [0.2, 0.25) is 0 Å². The summed E-state index contributed by atoms with van der Waals surface area (Å²) < 4.78 is 12.8. The van der Waals surface area contributed by atoms with Crippen LogP contribution >= 0.6 is 0 Å². The highest BCUT2D eigenvalue weighted by Gasteiger charge is 2.35. The minimum absolute atomic E-state index is 0.312. The van der Waals surface area contributed by atoms with Crippen molar-refractivity contribution in [2.75, 3.05) is 6.54 Å². The first-order chi connectivity index (χ1) is 9.01. The van der Waals surface area contributed by atoms with Gasteiger partial charge >= 0.3 is 0 Å². The molecule has 0 amide bonds. The third kappa shape index (κ3) is 4.86. The van der Waals surface area contributed by atoms with Crippen LogP contribution in [0.1, 0.15) is 66.7 Å². The summed E-state index contributed by atoms with van der Waals surface area (Å²) in [5.74, 6) is 1.31. The Bertz CT molecular complexity index is 280. The summed E-state index contributed by atoms with van der Waals surface area (Å²) in [7, 11) is -0.700. The van der Waals surface area contributed by atoms with Crippen LogP contribution in [-0.2, 0) is 10.8 Å². The molecule has 1 saturated carbocycles. The summed E-state index contributed by atoms with van der Waals surface area (Å²) in [4.78, 5) is 0. The van der Waals surface area contributed by atoms with Gasteiger partial charge in [-0.2, -0.15) is 0 Å². The molecular weight excluding hydrogens is 254 g/mol. The number of rotatable bonds is 7. The van der Waals surface area contributed by atoms with Gasteiger partial charge < -0.3 is 5.32 Å². The van der Waals surface area contributed by atoms with E-state index in [2.05, 4.69) is 39.9 Å². The topological polar surface area (TPSA) is 29.1 Å². The average Bonchev–Trinajstić information content (AvgIpc) is 2.39. The van der Waals surface area contributed by atoms with E-state index in [1.54, 1.807) is 0 Å². The molecule has 1 aliphatic rings. The predicted octanol–water partition coefficient (Wildman–Crippen LogP) is 3.73. The van der Waals surface area contributed by atoms with Gasteiger partial charge in [0.05, 0.1) is 5.25 Å². The van der Waals surface area contributed by atoms with Crippen molar-refractivity contribution in [3.8, 4) is 0 Å². The van der Waals surface area contributed by atoms with Crippen LogP contribution in [0.25, 0.3) is 0 Å². The van der Waals surface area contributed by atoms with E-state index in [9.17, 15) is 4.21 Å². The maximum absolute atomic E-state index is 12.8. The molecule has 1 fully saturated rings. The lowest BCUT2D eigenvalue weighted by Gasteiger charge is -2.38. The Morgan fingerprint density at radius 2 is 1.89 bits per heavy atom. The third-order valence-electron chi connectivity index (χ3n) is 4.67. The van der Waals surface area contributed by atoms with E-state index in [1.165, 1.54) is 25.7 Å². The van der Waals surface area contributed by atoms with Gasteiger partial charge in [-0.1, -0.05) is 47.5 Å². The maximum Gasteiger partial charge on any atom is 0.0506 e. The molecule has 1 N–H and O–H groups in total. The van der Waals surface area contributed by atoms with Crippen LogP contribution in [0, 0.1) is 11.8 Å². The lowest BCUT2D eigenvalue weighted by molar-refractivity contribution is 0.285. The number of hydrogen-bond donors (Lipinski definition) is 1. The van der Waals surface area contributed by atoms with Gasteiger partial charge in [-0.15, -0.1) is 0 Å². The molecule has 0 spiro atoms. The Morgan fingerprint density at radius 1 is 1.21 bits per heavy atom. The summed E-state index contributed by atoms with van der Waals surface area (Å²) in [5, 5.41) is 4.25. The molecule has 0 heterocycles. The Labute approximate surface area is 122 Å². The lowest BCUT2D eigenvalue weighted by Crippen LogP contribution is -2.48. The summed E-state index contributed by atoms with van der Waals surface area (Å²) in [6, 6.07) is 0.472. The summed E-state index contributed by atoms with van der Waals surface area (Å²) in [5.41, 5.74) is 0. The monoisotopic (exact) mass is 287 g/mol. The molecule has 0 bridgehead atoms. The molecule has 0 radical (unpaired) electrons. The fourth-order valence-corrected chi connectivity index (χ4v) is 5.28. The van der Waals surface area contributed by atoms with Crippen LogP contribution < -0.4 is 5.32 Å². The van der Waals surface area contributed by atoms with Gasteiger partial charge in [0.2, 0.25) is 0 Å². The Balaban J connectivity index is 2.73. The van der Waals surface area contributed by atoms with E-state index < -0.39 is 10.8 Å². The van der Waals surface area contributed by atoms with E-state index in [0.29, 0.717) is 22.5 Å². The number of hydrogen-bond acceptors (Lipinski definition) is 2. The second-order valence-corrected chi connectivity index (χ2v) is 8.45. The SMILES string of the molecule is CCCC1CCC(NCC)C(S(=O)C(C)C(C)C)C1. The highest BCUT2D eigenvalue weighted by Crippen LogP contribution is 2.32. The van der Waals surface area contributed by atoms with Crippen molar-refractivity contribution in [3.63, 3.8) is 0 Å². The lowest BCUT2D eigenvalue weighted by atomic mass is 9.83. The second-order valence-electron chi connectivity index (χ2n) is 6.45. The van der Waals surface area contributed by atoms with Crippen molar-refractivity contribution in [1.29, 1.82) is 0 Å². The van der Waals surface area contributed by atoms with Gasteiger partial charge in [0.15, 0.2) is 0 Å². The van der Waals surface area contributed by atoms with Crippen molar-refractivity contribution in [1.82, 2.24) is 5.32 Å². The quantitative estimate of drug-likeness (QED) is 0.773. The molecule has 3 heteroatoms. The third-order valence-corrected chi connectivity index (χ3v) is 7.06. The highest BCUT2D eigenvalue weighted by atomic mass is 32.2. The molecule has 0 aromatic heterocycles. The molecule has 5 unspecified atom stereocenters. The summed E-state index contributed by atoms with van der Waals surface area (Å²) >= 11 is 0. The minimum atomic E-state index is -0.700. The van der Waals surface area contributed by atoms with E-state index in [1.807, 2.05) is 0 Å². The summed E-state index contributed by atoms with van der Waals surface area (Å²) in [6.45, 7) is 12.0. The molecule has 114 valence electrons. The van der Waals surface area contributed by atoms with Gasteiger partial charge in [0.1, 0.15) is 0 Å². The van der Waals surface area contributed by atoms with Crippen LogP contribution in [0.15, 0.2) is 0 Å². The fraction of sp³-hybridized carbons (Fsp3) is 1.00. The predicted molar refractivity (Wildman–Crippen MR) is 85.9 cm³/mol. The molecule has 1 rings (SSSR count). The average molecular weight is 288 g/mol. The summed E-state index contributed by atoms with van der Waals surface area (Å²) in [6.07, 6.45) is 6.25. The van der Waals surface area contributed by atoms with Crippen LogP contribution in [0.5, 0.6) is 0 Å². The first-order valence-corrected chi connectivity index (χ1v) is 9.41. The first kappa shape index (κ1) is 17.2. The van der Waals surface area contributed by atoms with Crippen LogP contribution in [-0.4, -0.2) is 27.3 Å². The van der Waals surface area contributed by atoms with Crippen molar-refractivity contribution in [2.24, 2.45) is 11.8 Å². The normalized spacial score (nSPS) is 31.4. The van der Waals surface area contributed by atoms with Crippen molar-refractivity contribution < 1.29 is 4.21 Å². The number of nitrogens with one attached hydrogen (secondary N) is 1. The largest absolute Gasteiger partial charge is 0.313 e. The van der Waals surface area contributed by atoms with Crippen molar-refractivity contribution in [2.45, 2.75) is 83.3 Å². The zero-order valence-electron chi connectivity index (χ0n) is 13.4. The van der Waals surface area contributed by atoms with Gasteiger partial charge in [-0.25, -0.2) is 0 Å². The van der Waals surface area contributed by atoms with Gasteiger partial charge in [-0.3, -0.25) is 4.21 Å². The van der Waals surface area contributed by atoms with E-state index in [-0.39, 0.29) is 0 Å². The molecule has 19 heavy (non-hydrogen) atoms. The van der Waals surface area contributed by atoms with Crippen molar-refractivity contribution in [3.05, 3.63) is 0 Å². The zero-order valence-corrected chi connectivity index (χ0v) is 14.3. The zero-order chi connectivity index (χ0) is 14.4. The van der Waals surface area contributed by atoms with E-state index in [0.717, 1.165) is 18.9 Å². The maximum atomic E-state index is 12.8. The molecule has 5 atom stereocenters. The van der Waals surface area contributed by atoms with Crippen LogP contribution in [0.4, 0.5) is 0 Å². The van der Waals surface area contributed by atoms with Crippen molar-refractivity contribution >= 4 is 10.8 Å². The standard InChI is InChI=1S/C16H33NOS/c1-6-8-14-9-10-15(17-7-2)16(11-14)19(18)13(5)12(3)4/h12-17H,6-11H2,1-5H3. The van der Waals surface area contributed by atoms with Gasteiger partial charge in [0, 0.05) is 22.1 Å². The Kier molecular flexibility index (Phi) is 7.60. The van der Waals surface area contributed by atoms with Gasteiger partial charge in [-0.05, 0) is 37.6 Å². The smallest absolute Gasteiger partial charge is 0.0506 e. The Morgan fingerprint density at radius 3 is 2.42 bits per heavy atom. The van der Waals surface area contributed by atoms with Gasteiger partial charge in [0.25, 0.3) is 0 Å². The first-order valence-electron chi connectivity index (χ1n) is 8.13. The molecule has 0 aromatic carbocycles. The minimum Gasteiger partial charge on any atom is -0.313 e.